The molecule has 12 heteroatoms. The van der Waals surface area contributed by atoms with Gasteiger partial charge in [0.25, 0.3) is 0 Å². The number of carbonyl (C=O) groups excluding carboxylic acids is 2. The number of aromatic nitrogens is 6. The number of hydrogen-bond donors (Lipinski definition) is 2. The minimum Gasteiger partial charge on any atom is -0.462 e. The Hall–Kier alpha value is -5.00. The quantitative estimate of drug-likeness (QED) is 0.244. The zero-order valence-electron chi connectivity index (χ0n) is 24.7. The number of rotatable bonds is 10. The van der Waals surface area contributed by atoms with Gasteiger partial charge in [0.2, 0.25) is 11.9 Å². The van der Waals surface area contributed by atoms with E-state index in [1.165, 1.54) is 24.8 Å². The van der Waals surface area contributed by atoms with Gasteiger partial charge in [0.05, 0.1) is 36.4 Å². The van der Waals surface area contributed by atoms with Gasteiger partial charge >= 0.3 is 11.9 Å². The molecule has 220 valence electrons. The molecule has 0 unspecified atom stereocenters. The van der Waals surface area contributed by atoms with Crippen LogP contribution in [0.1, 0.15) is 83.0 Å². The summed E-state index contributed by atoms with van der Waals surface area (Å²) in [6, 6.07) is 7.97. The zero-order chi connectivity index (χ0) is 30.5. The molecule has 0 saturated carbocycles. The number of carbonyl (C=O) groups is 2. The number of nitrogens with zero attached hydrogens (tertiary/aromatic N) is 6. The second-order valence-corrected chi connectivity index (χ2v) is 9.23. The molecule has 0 aliphatic carbocycles. The molecule has 0 fully saturated rings. The summed E-state index contributed by atoms with van der Waals surface area (Å²) >= 11 is 0. The molecule has 4 heterocycles. The lowest BCUT2D eigenvalue weighted by Gasteiger charge is -2.14. The lowest BCUT2D eigenvalue weighted by atomic mass is 10.1. The maximum Gasteiger partial charge on any atom is 0.341 e. The standard InChI is InChI=1S/2C15H18N4O2/c2*1-4-21-14(20)13-8-17-15(18-9-13)19-11(3)12-6-5-10(2)16-7-12/h2*5-9,11H,4H2,1-3H3,(H,17,18,19)/t2*11-/m10/s1. The predicted octanol–water partition coefficient (Wildman–Crippen LogP) is 5.06. The van der Waals surface area contributed by atoms with E-state index < -0.39 is 11.9 Å². The highest BCUT2D eigenvalue weighted by atomic mass is 16.5. The Kier molecular flexibility index (Phi) is 11.8. The van der Waals surface area contributed by atoms with Crippen LogP contribution in [0, 0.1) is 13.8 Å². The number of esters is 2. The van der Waals surface area contributed by atoms with Crippen molar-refractivity contribution in [1.29, 1.82) is 0 Å². The highest BCUT2D eigenvalue weighted by Crippen LogP contribution is 2.17. The van der Waals surface area contributed by atoms with Crippen molar-refractivity contribution in [2.75, 3.05) is 23.8 Å². The van der Waals surface area contributed by atoms with E-state index in [1.807, 2.05) is 64.4 Å². The Morgan fingerprint density at radius 3 is 1.26 bits per heavy atom. The molecule has 0 aliphatic heterocycles. The molecule has 0 radical (unpaired) electrons. The number of nitrogens with one attached hydrogen (secondary N) is 2. The van der Waals surface area contributed by atoms with E-state index in [0.29, 0.717) is 36.2 Å². The van der Waals surface area contributed by atoms with Crippen LogP contribution in [0.25, 0.3) is 0 Å². The molecule has 42 heavy (non-hydrogen) atoms. The maximum atomic E-state index is 11.5. The van der Waals surface area contributed by atoms with E-state index in [-0.39, 0.29) is 12.1 Å². The van der Waals surface area contributed by atoms with Crippen molar-refractivity contribution in [3.8, 4) is 0 Å². The van der Waals surface area contributed by atoms with Gasteiger partial charge in [-0.05, 0) is 64.8 Å². The number of aryl methyl sites for hydroxylation is 2. The van der Waals surface area contributed by atoms with E-state index in [4.69, 9.17) is 9.47 Å². The second-order valence-electron chi connectivity index (χ2n) is 9.23. The van der Waals surface area contributed by atoms with Crippen molar-refractivity contribution < 1.29 is 19.1 Å². The molecule has 0 saturated heterocycles. The smallest absolute Gasteiger partial charge is 0.341 e. The van der Waals surface area contributed by atoms with E-state index in [9.17, 15) is 9.59 Å². The molecule has 0 aromatic carbocycles. The number of pyridine rings is 2. The number of hydrogen-bond acceptors (Lipinski definition) is 12. The largest absolute Gasteiger partial charge is 0.462 e. The molecule has 12 nitrogen and oxygen atoms in total. The molecular weight excluding hydrogens is 536 g/mol. The van der Waals surface area contributed by atoms with Crippen molar-refractivity contribution in [2.24, 2.45) is 0 Å². The average molecular weight is 573 g/mol. The van der Waals surface area contributed by atoms with E-state index in [0.717, 1.165) is 22.5 Å². The first kappa shape index (κ1) is 31.5. The molecule has 0 spiro atoms. The average Bonchev–Trinajstić information content (AvgIpc) is 2.99. The fourth-order valence-corrected chi connectivity index (χ4v) is 3.47. The van der Waals surface area contributed by atoms with Gasteiger partial charge in [0.1, 0.15) is 0 Å². The summed E-state index contributed by atoms with van der Waals surface area (Å²) in [5.74, 6) is 0.0758. The normalized spacial score (nSPS) is 11.8. The third kappa shape index (κ3) is 9.58. The SMILES string of the molecule is CCOC(=O)c1cnc(N[C@@H](C)c2ccc(C)nc2)nc1.CCOC(=O)c1cnc(N[C@H](C)c2ccc(C)nc2)nc1. The van der Waals surface area contributed by atoms with Crippen LogP contribution in [0.4, 0.5) is 11.9 Å². The topological polar surface area (TPSA) is 154 Å². The van der Waals surface area contributed by atoms with Crippen molar-refractivity contribution in [3.05, 3.63) is 95.1 Å². The van der Waals surface area contributed by atoms with Crippen molar-refractivity contribution >= 4 is 23.8 Å². The summed E-state index contributed by atoms with van der Waals surface area (Å²) in [7, 11) is 0. The van der Waals surface area contributed by atoms with Crippen LogP contribution >= 0.6 is 0 Å². The summed E-state index contributed by atoms with van der Waals surface area (Å²) in [5.41, 5.74) is 4.71. The number of anilines is 2. The van der Waals surface area contributed by atoms with Gasteiger partial charge in [-0.1, -0.05) is 12.1 Å². The fourth-order valence-electron chi connectivity index (χ4n) is 3.47. The Morgan fingerprint density at radius 1 is 0.619 bits per heavy atom. The molecule has 0 aliphatic rings. The minimum atomic E-state index is -0.417. The lowest BCUT2D eigenvalue weighted by molar-refractivity contribution is 0.0515. The van der Waals surface area contributed by atoms with Gasteiger partial charge in [0, 0.05) is 48.6 Å². The molecule has 4 aromatic heterocycles. The van der Waals surface area contributed by atoms with Crippen LogP contribution in [0.5, 0.6) is 0 Å². The summed E-state index contributed by atoms with van der Waals surface area (Å²) in [6.07, 6.45) is 9.45. The van der Waals surface area contributed by atoms with Crippen LogP contribution in [-0.4, -0.2) is 55.1 Å². The first-order chi connectivity index (χ1) is 20.2. The monoisotopic (exact) mass is 572 g/mol. The molecule has 4 aromatic rings. The van der Waals surface area contributed by atoms with Gasteiger partial charge in [0.15, 0.2) is 0 Å². The zero-order valence-corrected chi connectivity index (χ0v) is 24.7. The highest BCUT2D eigenvalue weighted by molar-refractivity contribution is 5.89. The van der Waals surface area contributed by atoms with E-state index in [2.05, 4.69) is 40.5 Å². The third-order valence-corrected chi connectivity index (χ3v) is 5.89. The van der Waals surface area contributed by atoms with Gasteiger partial charge in [-0.15, -0.1) is 0 Å². The van der Waals surface area contributed by atoms with Crippen molar-refractivity contribution in [1.82, 2.24) is 29.9 Å². The van der Waals surface area contributed by atoms with Gasteiger partial charge in [-0.3, -0.25) is 9.97 Å². The summed E-state index contributed by atoms with van der Waals surface area (Å²) in [4.78, 5) is 48.0. The minimum absolute atomic E-state index is 0.0199. The van der Waals surface area contributed by atoms with Crippen LogP contribution in [0.2, 0.25) is 0 Å². The predicted molar refractivity (Wildman–Crippen MR) is 158 cm³/mol. The molecular formula is C30H36N8O4. The van der Waals surface area contributed by atoms with Crippen LogP contribution in [0.15, 0.2) is 61.4 Å². The summed E-state index contributed by atoms with van der Waals surface area (Å²) in [5, 5.41) is 6.32. The fraction of sp³-hybridized carbons (Fsp3) is 0.333. The third-order valence-electron chi connectivity index (χ3n) is 5.89. The summed E-state index contributed by atoms with van der Waals surface area (Å²) < 4.78 is 9.76. The van der Waals surface area contributed by atoms with E-state index >= 15 is 0 Å². The maximum absolute atomic E-state index is 11.5. The van der Waals surface area contributed by atoms with Gasteiger partial charge in [-0.2, -0.15) is 0 Å². The van der Waals surface area contributed by atoms with Crippen LogP contribution in [0.3, 0.4) is 0 Å². The molecule has 2 N–H and O–H groups in total. The Balaban J connectivity index is 0.000000230. The number of ether oxygens (including phenoxy) is 2. The Bertz CT molecular complexity index is 1300. The molecule has 4 rings (SSSR count). The first-order valence-corrected chi connectivity index (χ1v) is 13.6. The Morgan fingerprint density at radius 2 is 0.976 bits per heavy atom. The van der Waals surface area contributed by atoms with E-state index in [1.54, 1.807) is 13.8 Å². The molecule has 0 amide bonds. The highest BCUT2D eigenvalue weighted by Gasteiger charge is 2.12. The first-order valence-electron chi connectivity index (χ1n) is 13.6. The van der Waals surface area contributed by atoms with Crippen LogP contribution < -0.4 is 10.6 Å². The van der Waals surface area contributed by atoms with Crippen molar-refractivity contribution in [3.63, 3.8) is 0 Å². The lowest BCUT2D eigenvalue weighted by Crippen LogP contribution is -2.11. The van der Waals surface area contributed by atoms with Gasteiger partial charge < -0.3 is 20.1 Å². The Labute approximate surface area is 245 Å². The van der Waals surface area contributed by atoms with Crippen LogP contribution in [-0.2, 0) is 9.47 Å². The molecule has 2 atom stereocenters. The second kappa shape index (κ2) is 15.7. The van der Waals surface area contributed by atoms with Gasteiger partial charge in [-0.25, -0.2) is 29.5 Å². The molecule has 0 bridgehead atoms. The summed E-state index contributed by atoms with van der Waals surface area (Å²) in [6.45, 7) is 12.0. The van der Waals surface area contributed by atoms with Crippen molar-refractivity contribution in [2.45, 2.75) is 53.6 Å².